The first-order valence-corrected chi connectivity index (χ1v) is 6.78. The number of hydrazine groups is 1. The molecule has 0 atom stereocenters. The fourth-order valence-corrected chi connectivity index (χ4v) is 2.00. The molecule has 0 fully saturated rings. The van der Waals surface area contributed by atoms with Crippen molar-refractivity contribution in [2.24, 2.45) is 5.84 Å². The molecule has 2 N–H and O–H groups in total. The maximum absolute atomic E-state index is 13.2. The van der Waals surface area contributed by atoms with Gasteiger partial charge in [-0.05, 0) is 17.7 Å². The first-order valence-electron chi connectivity index (χ1n) is 6.78. The van der Waals surface area contributed by atoms with Crippen molar-refractivity contribution in [3.63, 3.8) is 0 Å². The molecule has 128 valence electrons. The van der Waals surface area contributed by atoms with Crippen molar-refractivity contribution in [1.29, 1.82) is 0 Å². The standard InChI is InChI=1S/C16H13F5N2O/c17-15(18,16(19,20)21)13-8-6-11(7-9-13)10-23(22)14(24)12-4-2-1-3-5-12/h1-9H,10,22H2. The number of alkyl halides is 5. The topological polar surface area (TPSA) is 46.3 Å². The first-order chi connectivity index (χ1) is 11.1. The Labute approximate surface area is 134 Å². The molecule has 3 nitrogen and oxygen atoms in total. The van der Waals surface area contributed by atoms with Crippen LogP contribution in [0, 0.1) is 0 Å². The molecule has 0 bridgehead atoms. The lowest BCUT2D eigenvalue weighted by Crippen LogP contribution is -2.36. The normalized spacial score (nSPS) is 12.1. The molecule has 0 heterocycles. The van der Waals surface area contributed by atoms with Crippen LogP contribution in [0.3, 0.4) is 0 Å². The third kappa shape index (κ3) is 3.70. The highest BCUT2D eigenvalue weighted by Gasteiger charge is 2.58. The van der Waals surface area contributed by atoms with Gasteiger partial charge in [-0.25, -0.2) is 5.84 Å². The van der Waals surface area contributed by atoms with Gasteiger partial charge in [-0.2, -0.15) is 22.0 Å². The second kappa shape index (κ2) is 6.56. The van der Waals surface area contributed by atoms with Crippen LogP contribution in [0.25, 0.3) is 0 Å². The lowest BCUT2D eigenvalue weighted by molar-refractivity contribution is -0.289. The minimum atomic E-state index is -5.67. The fraction of sp³-hybridized carbons (Fsp3) is 0.188. The summed E-state index contributed by atoms with van der Waals surface area (Å²) in [6.45, 7) is -0.133. The summed E-state index contributed by atoms with van der Waals surface area (Å²) in [5.41, 5.74) is -0.513. The van der Waals surface area contributed by atoms with Crippen molar-refractivity contribution < 1.29 is 26.7 Å². The van der Waals surface area contributed by atoms with Crippen LogP contribution >= 0.6 is 0 Å². The summed E-state index contributed by atoms with van der Waals surface area (Å²) in [7, 11) is 0. The van der Waals surface area contributed by atoms with E-state index in [0.717, 1.165) is 17.1 Å². The van der Waals surface area contributed by atoms with Crippen LogP contribution in [0.2, 0.25) is 0 Å². The molecule has 0 spiro atoms. The summed E-state index contributed by atoms with van der Waals surface area (Å²) in [6.07, 6.45) is -5.67. The number of hydrogen-bond donors (Lipinski definition) is 1. The highest BCUT2D eigenvalue weighted by molar-refractivity contribution is 5.93. The summed E-state index contributed by atoms with van der Waals surface area (Å²) in [5.74, 6) is 0.194. The maximum atomic E-state index is 13.2. The van der Waals surface area contributed by atoms with Crippen LogP contribution in [0.1, 0.15) is 21.5 Å². The lowest BCUT2D eigenvalue weighted by atomic mass is 10.1. The van der Waals surface area contributed by atoms with E-state index >= 15 is 0 Å². The van der Waals surface area contributed by atoms with Gasteiger partial charge in [0.05, 0.1) is 6.54 Å². The van der Waals surface area contributed by atoms with Crippen molar-refractivity contribution in [3.05, 3.63) is 71.3 Å². The fourth-order valence-electron chi connectivity index (χ4n) is 2.00. The molecule has 2 aromatic rings. The molecule has 0 saturated heterocycles. The molecular weight excluding hydrogens is 331 g/mol. The second-order valence-electron chi connectivity index (χ2n) is 5.07. The van der Waals surface area contributed by atoms with E-state index in [-0.39, 0.29) is 6.54 Å². The number of carbonyl (C=O) groups is 1. The van der Waals surface area contributed by atoms with Gasteiger partial charge in [0, 0.05) is 11.1 Å². The van der Waals surface area contributed by atoms with Crippen molar-refractivity contribution >= 4 is 5.91 Å². The van der Waals surface area contributed by atoms with Crippen LogP contribution < -0.4 is 5.84 Å². The third-order valence-electron chi connectivity index (χ3n) is 3.31. The molecule has 1 amide bonds. The zero-order valence-corrected chi connectivity index (χ0v) is 12.2. The Morgan fingerprint density at radius 1 is 0.917 bits per heavy atom. The van der Waals surface area contributed by atoms with Gasteiger partial charge in [-0.15, -0.1) is 0 Å². The van der Waals surface area contributed by atoms with Crippen molar-refractivity contribution in [3.8, 4) is 0 Å². The van der Waals surface area contributed by atoms with Crippen LogP contribution in [0.4, 0.5) is 22.0 Å². The van der Waals surface area contributed by atoms with Gasteiger partial charge in [-0.3, -0.25) is 9.80 Å². The second-order valence-corrected chi connectivity index (χ2v) is 5.07. The Kier molecular flexibility index (Phi) is 4.88. The van der Waals surface area contributed by atoms with E-state index in [1.807, 2.05) is 0 Å². The highest BCUT2D eigenvalue weighted by Crippen LogP contribution is 2.43. The van der Waals surface area contributed by atoms with Gasteiger partial charge >= 0.3 is 12.1 Å². The van der Waals surface area contributed by atoms with Crippen LogP contribution in [0.5, 0.6) is 0 Å². The number of carbonyl (C=O) groups excluding carboxylic acids is 1. The Morgan fingerprint density at radius 3 is 1.96 bits per heavy atom. The summed E-state index contributed by atoms with van der Waals surface area (Å²) in [6, 6.07) is 11.6. The van der Waals surface area contributed by atoms with Gasteiger partial charge < -0.3 is 0 Å². The molecular formula is C16H13F5N2O. The summed E-state index contributed by atoms with van der Waals surface area (Å²) in [5, 5.41) is 0.853. The van der Waals surface area contributed by atoms with Gasteiger partial charge in [0.2, 0.25) is 0 Å². The summed E-state index contributed by atoms with van der Waals surface area (Å²) >= 11 is 0. The largest absolute Gasteiger partial charge is 0.458 e. The molecule has 0 radical (unpaired) electrons. The minimum Gasteiger partial charge on any atom is -0.272 e. The predicted molar refractivity (Wildman–Crippen MR) is 76.9 cm³/mol. The quantitative estimate of drug-likeness (QED) is 0.396. The van der Waals surface area contributed by atoms with E-state index in [2.05, 4.69) is 0 Å². The molecule has 0 aliphatic rings. The maximum Gasteiger partial charge on any atom is 0.458 e. The van der Waals surface area contributed by atoms with Crippen LogP contribution in [-0.4, -0.2) is 17.1 Å². The first kappa shape index (κ1) is 17.9. The average Bonchev–Trinajstić information content (AvgIpc) is 2.54. The number of hydrogen-bond acceptors (Lipinski definition) is 2. The number of benzene rings is 2. The SMILES string of the molecule is NN(Cc1ccc(C(F)(F)C(F)(F)F)cc1)C(=O)c1ccccc1. The van der Waals surface area contributed by atoms with E-state index in [1.54, 1.807) is 30.3 Å². The Hall–Kier alpha value is -2.48. The molecule has 24 heavy (non-hydrogen) atoms. The number of rotatable bonds is 4. The van der Waals surface area contributed by atoms with E-state index < -0.39 is 23.6 Å². The zero-order chi connectivity index (χ0) is 18.0. The summed E-state index contributed by atoms with van der Waals surface area (Å²) in [4.78, 5) is 12.0. The molecule has 0 aromatic heterocycles. The molecule has 0 aliphatic heterocycles. The van der Waals surface area contributed by atoms with Gasteiger partial charge in [0.15, 0.2) is 0 Å². The van der Waals surface area contributed by atoms with Gasteiger partial charge in [0.25, 0.3) is 5.91 Å². The Balaban J connectivity index is 2.11. The Morgan fingerprint density at radius 2 is 1.46 bits per heavy atom. The Bertz CT molecular complexity index is 699. The van der Waals surface area contributed by atoms with Gasteiger partial charge in [0.1, 0.15) is 0 Å². The smallest absolute Gasteiger partial charge is 0.272 e. The van der Waals surface area contributed by atoms with E-state index in [0.29, 0.717) is 23.3 Å². The highest BCUT2D eigenvalue weighted by atomic mass is 19.4. The number of halogens is 5. The van der Waals surface area contributed by atoms with Crippen molar-refractivity contribution in [2.75, 3.05) is 0 Å². The average molecular weight is 344 g/mol. The molecule has 0 saturated carbocycles. The van der Waals surface area contributed by atoms with E-state index in [1.165, 1.54) is 0 Å². The summed E-state index contributed by atoms with van der Waals surface area (Å²) < 4.78 is 63.3. The van der Waals surface area contributed by atoms with Crippen LogP contribution in [0.15, 0.2) is 54.6 Å². The van der Waals surface area contributed by atoms with Crippen molar-refractivity contribution in [2.45, 2.75) is 18.6 Å². The predicted octanol–water partition coefficient (Wildman–Crippen LogP) is 3.86. The molecule has 2 aromatic carbocycles. The number of nitrogens with two attached hydrogens (primary N) is 1. The zero-order valence-electron chi connectivity index (χ0n) is 12.2. The lowest BCUT2D eigenvalue weighted by Gasteiger charge is -2.21. The molecule has 0 unspecified atom stereocenters. The number of nitrogens with zero attached hydrogens (tertiary/aromatic N) is 1. The monoisotopic (exact) mass is 344 g/mol. The molecule has 2 rings (SSSR count). The van der Waals surface area contributed by atoms with E-state index in [9.17, 15) is 26.7 Å². The van der Waals surface area contributed by atoms with E-state index in [4.69, 9.17) is 5.84 Å². The molecule has 0 aliphatic carbocycles. The molecule has 8 heteroatoms. The number of amides is 1. The van der Waals surface area contributed by atoms with Crippen LogP contribution in [-0.2, 0) is 12.5 Å². The van der Waals surface area contributed by atoms with Gasteiger partial charge in [-0.1, -0.05) is 42.5 Å². The third-order valence-corrected chi connectivity index (χ3v) is 3.31. The minimum absolute atomic E-state index is 0.133. The van der Waals surface area contributed by atoms with Crippen molar-refractivity contribution in [1.82, 2.24) is 5.01 Å².